The summed E-state index contributed by atoms with van der Waals surface area (Å²) in [5.74, 6) is 0. The van der Waals surface area contributed by atoms with Crippen molar-refractivity contribution < 1.29 is 13.2 Å². The van der Waals surface area contributed by atoms with Gasteiger partial charge in [0.1, 0.15) is 4.90 Å². The molecule has 0 atom stereocenters. The van der Waals surface area contributed by atoms with Gasteiger partial charge in [-0.2, -0.15) is 0 Å². The Bertz CT molecular complexity index is 1020. The molecule has 3 aromatic rings. The molecule has 2 heterocycles. The maximum absolute atomic E-state index is 13.1. The standard InChI is InChI=1S/C21H22N2O3S/c24-27(25,19-10-4-6-17-7-5-13-22-20(17)19)23-16-21(11-14-26-15-12-21)18-8-2-1-3-9-18/h1-10,13,23H,11-12,14-16H2. The summed E-state index contributed by atoms with van der Waals surface area (Å²) >= 11 is 0. The van der Waals surface area contributed by atoms with Crippen LogP contribution in [0.1, 0.15) is 18.4 Å². The summed E-state index contributed by atoms with van der Waals surface area (Å²) in [6, 6.07) is 19.0. The van der Waals surface area contributed by atoms with E-state index in [0.29, 0.717) is 25.3 Å². The summed E-state index contributed by atoms with van der Waals surface area (Å²) in [5.41, 5.74) is 1.38. The summed E-state index contributed by atoms with van der Waals surface area (Å²) in [6.45, 7) is 1.60. The number of fused-ring (bicyclic) bond motifs is 1. The molecule has 0 unspecified atom stereocenters. The molecular formula is C21H22N2O3S. The van der Waals surface area contributed by atoms with Gasteiger partial charge >= 0.3 is 0 Å². The van der Waals surface area contributed by atoms with Crippen molar-refractivity contribution in [1.82, 2.24) is 9.71 Å². The molecule has 0 spiro atoms. The van der Waals surface area contributed by atoms with Crippen LogP contribution in [0.2, 0.25) is 0 Å². The Hall–Kier alpha value is -2.28. The van der Waals surface area contributed by atoms with Crippen molar-refractivity contribution in [2.75, 3.05) is 19.8 Å². The van der Waals surface area contributed by atoms with E-state index in [-0.39, 0.29) is 10.3 Å². The number of ether oxygens (including phenoxy) is 1. The molecule has 2 aromatic carbocycles. The van der Waals surface area contributed by atoms with Gasteiger partial charge in [0.2, 0.25) is 10.0 Å². The first-order chi connectivity index (χ1) is 13.1. The molecular weight excluding hydrogens is 360 g/mol. The topological polar surface area (TPSA) is 68.3 Å². The molecule has 1 aliphatic heterocycles. The lowest BCUT2D eigenvalue weighted by atomic mass is 9.74. The number of para-hydroxylation sites is 1. The average Bonchev–Trinajstić information content (AvgIpc) is 2.73. The summed E-state index contributed by atoms with van der Waals surface area (Å²) in [7, 11) is -3.69. The maximum Gasteiger partial charge on any atom is 0.242 e. The lowest BCUT2D eigenvalue weighted by molar-refractivity contribution is 0.0517. The van der Waals surface area contributed by atoms with E-state index in [1.54, 1.807) is 24.4 Å². The number of pyridine rings is 1. The lowest BCUT2D eigenvalue weighted by Crippen LogP contribution is -2.44. The molecule has 1 N–H and O–H groups in total. The van der Waals surface area contributed by atoms with Crippen LogP contribution in [0.3, 0.4) is 0 Å². The van der Waals surface area contributed by atoms with Crippen molar-refractivity contribution in [3.05, 3.63) is 72.4 Å². The zero-order valence-corrected chi connectivity index (χ0v) is 15.8. The third-order valence-electron chi connectivity index (χ3n) is 5.32. The van der Waals surface area contributed by atoms with Crippen molar-refractivity contribution in [3.63, 3.8) is 0 Å². The Morgan fingerprint density at radius 3 is 2.48 bits per heavy atom. The molecule has 0 aliphatic carbocycles. The van der Waals surface area contributed by atoms with Gasteiger partial charge in [0.05, 0.1) is 5.52 Å². The van der Waals surface area contributed by atoms with E-state index in [9.17, 15) is 8.42 Å². The van der Waals surface area contributed by atoms with E-state index in [1.807, 2.05) is 30.3 Å². The predicted molar refractivity (Wildman–Crippen MR) is 105 cm³/mol. The largest absolute Gasteiger partial charge is 0.381 e. The second kappa shape index (κ2) is 7.38. The van der Waals surface area contributed by atoms with E-state index in [1.165, 1.54) is 0 Å². The van der Waals surface area contributed by atoms with Crippen LogP contribution in [-0.2, 0) is 20.2 Å². The minimum absolute atomic E-state index is 0.218. The molecule has 140 valence electrons. The van der Waals surface area contributed by atoms with Crippen LogP contribution in [0.5, 0.6) is 0 Å². The van der Waals surface area contributed by atoms with Crippen molar-refractivity contribution in [2.45, 2.75) is 23.2 Å². The van der Waals surface area contributed by atoms with Crippen molar-refractivity contribution in [2.24, 2.45) is 0 Å². The zero-order chi connectivity index (χ0) is 18.7. The lowest BCUT2D eigenvalue weighted by Gasteiger charge is -2.37. The molecule has 5 nitrogen and oxygen atoms in total. The smallest absolute Gasteiger partial charge is 0.242 e. The fourth-order valence-electron chi connectivity index (χ4n) is 3.73. The van der Waals surface area contributed by atoms with Crippen LogP contribution in [0, 0.1) is 0 Å². The van der Waals surface area contributed by atoms with Gasteiger partial charge in [0.25, 0.3) is 0 Å². The molecule has 0 saturated carbocycles. The zero-order valence-electron chi connectivity index (χ0n) is 15.0. The van der Waals surface area contributed by atoms with Gasteiger partial charge < -0.3 is 4.74 Å². The quantitative estimate of drug-likeness (QED) is 0.735. The Morgan fingerprint density at radius 2 is 1.70 bits per heavy atom. The van der Waals surface area contributed by atoms with Crippen LogP contribution in [-0.4, -0.2) is 33.2 Å². The van der Waals surface area contributed by atoms with Gasteiger partial charge in [-0.05, 0) is 30.5 Å². The van der Waals surface area contributed by atoms with Gasteiger partial charge in [0, 0.05) is 36.8 Å². The number of rotatable bonds is 5. The molecule has 6 heteroatoms. The van der Waals surface area contributed by atoms with E-state index in [0.717, 1.165) is 23.8 Å². The van der Waals surface area contributed by atoms with Gasteiger partial charge in [-0.25, -0.2) is 13.1 Å². The fraction of sp³-hybridized carbons (Fsp3) is 0.286. The molecule has 0 radical (unpaired) electrons. The number of hydrogen-bond donors (Lipinski definition) is 1. The number of nitrogens with one attached hydrogen (secondary N) is 1. The molecule has 0 amide bonds. The Labute approximate surface area is 159 Å². The Morgan fingerprint density at radius 1 is 0.963 bits per heavy atom. The molecule has 1 aromatic heterocycles. The Kier molecular flexibility index (Phi) is 4.95. The number of sulfonamides is 1. The van der Waals surface area contributed by atoms with E-state index >= 15 is 0 Å². The summed E-state index contributed by atoms with van der Waals surface area (Å²) < 4.78 is 34.5. The third-order valence-corrected chi connectivity index (χ3v) is 6.75. The van der Waals surface area contributed by atoms with Crippen molar-refractivity contribution in [3.8, 4) is 0 Å². The highest BCUT2D eigenvalue weighted by molar-refractivity contribution is 7.89. The summed E-state index contributed by atoms with van der Waals surface area (Å²) in [6.07, 6.45) is 3.19. The van der Waals surface area contributed by atoms with Crippen molar-refractivity contribution in [1.29, 1.82) is 0 Å². The number of aromatic nitrogens is 1. The van der Waals surface area contributed by atoms with E-state index in [4.69, 9.17) is 4.74 Å². The van der Waals surface area contributed by atoms with E-state index in [2.05, 4.69) is 21.8 Å². The predicted octanol–water partition coefficient (Wildman–Crippen LogP) is 3.26. The second-order valence-electron chi connectivity index (χ2n) is 6.91. The molecule has 1 saturated heterocycles. The molecule has 0 bridgehead atoms. The first kappa shape index (κ1) is 18.1. The fourth-order valence-corrected chi connectivity index (χ4v) is 5.03. The Balaban J connectivity index is 1.66. The first-order valence-electron chi connectivity index (χ1n) is 9.07. The molecule has 1 aliphatic rings. The highest BCUT2D eigenvalue weighted by Gasteiger charge is 2.36. The minimum atomic E-state index is -3.69. The maximum atomic E-state index is 13.1. The summed E-state index contributed by atoms with van der Waals surface area (Å²) in [4.78, 5) is 4.50. The van der Waals surface area contributed by atoms with Crippen LogP contribution in [0.25, 0.3) is 10.9 Å². The van der Waals surface area contributed by atoms with Gasteiger partial charge in [0.15, 0.2) is 0 Å². The molecule has 4 rings (SSSR count). The number of hydrogen-bond acceptors (Lipinski definition) is 4. The molecule has 1 fully saturated rings. The number of nitrogens with zero attached hydrogens (tertiary/aromatic N) is 1. The van der Waals surface area contributed by atoms with Gasteiger partial charge in [-0.15, -0.1) is 0 Å². The normalized spacial score (nSPS) is 17.0. The SMILES string of the molecule is O=S(=O)(NCC1(c2ccccc2)CCOCC1)c1cccc2cccnc12. The van der Waals surface area contributed by atoms with Crippen molar-refractivity contribution >= 4 is 20.9 Å². The van der Waals surface area contributed by atoms with Gasteiger partial charge in [-0.1, -0.05) is 48.5 Å². The van der Waals surface area contributed by atoms with Crippen LogP contribution in [0.15, 0.2) is 71.8 Å². The van der Waals surface area contributed by atoms with Crippen LogP contribution in [0.4, 0.5) is 0 Å². The monoisotopic (exact) mass is 382 g/mol. The highest BCUT2D eigenvalue weighted by atomic mass is 32.2. The minimum Gasteiger partial charge on any atom is -0.381 e. The van der Waals surface area contributed by atoms with Crippen LogP contribution >= 0.6 is 0 Å². The summed E-state index contributed by atoms with van der Waals surface area (Å²) in [5, 5.41) is 0.809. The van der Waals surface area contributed by atoms with E-state index < -0.39 is 10.0 Å². The second-order valence-corrected chi connectivity index (χ2v) is 8.65. The van der Waals surface area contributed by atoms with Gasteiger partial charge in [-0.3, -0.25) is 4.98 Å². The number of benzene rings is 2. The average molecular weight is 382 g/mol. The molecule has 27 heavy (non-hydrogen) atoms. The highest BCUT2D eigenvalue weighted by Crippen LogP contribution is 2.34. The third kappa shape index (κ3) is 3.60. The first-order valence-corrected chi connectivity index (χ1v) is 10.6. The van der Waals surface area contributed by atoms with Crippen LogP contribution < -0.4 is 4.72 Å².